The molecule has 4 heterocycles. The van der Waals surface area contributed by atoms with Crippen LogP contribution in [0.3, 0.4) is 0 Å². The number of carbonyl (C=O) groups is 2. The first-order chi connectivity index (χ1) is 63.1. The van der Waals surface area contributed by atoms with Gasteiger partial charge in [0.25, 0.3) is 0 Å². The highest BCUT2D eigenvalue weighted by Crippen LogP contribution is 2.68. The third-order valence-electron chi connectivity index (χ3n) is 28.3. The zero-order valence-electron chi connectivity index (χ0n) is 76.7. The lowest BCUT2D eigenvalue weighted by Crippen LogP contribution is -2.30. The number of fused-ring (bicyclic) bond motifs is 12. The first kappa shape index (κ1) is 92.8. The highest BCUT2D eigenvalue weighted by atomic mass is 32.2. The van der Waals surface area contributed by atoms with Gasteiger partial charge in [0.05, 0.1) is 18.9 Å². The van der Waals surface area contributed by atoms with Gasteiger partial charge in [-0.1, -0.05) is 404 Å². The van der Waals surface area contributed by atoms with Gasteiger partial charge in [-0.2, -0.15) is 21.0 Å². The number of carbonyl (C=O) groups excluding carboxylic acids is 2. The number of allylic oxidation sites excluding steroid dienone is 6. The number of unbranched alkanes of at least 4 members (excludes halogenated alkanes) is 36. The van der Waals surface area contributed by atoms with Gasteiger partial charge in [-0.25, -0.2) is 0 Å². The smallest absolute Gasteiger partial charge is 0.194 e. The van der Waals surface area contributed by atoms with E-state index in [1.807, 2.05) is 83.4 Å². The average Bonchev–Trinajstić information content (AvgIpc) is 1.49. The van der Waals surface area contributed by atoms with Gasteiger partial charge in [-0.15, -0.1) is 45.3 Å². The van der Waals surface area contributed by atoms with Crippen LogP contribution in [0.25, 0.3) is 63.0 Å². The SMILES string of the molecule is CCCCCCCCCCCCc1ccc(C2(c3ccc(CCCCCCCCCCCC)cc3)c3cc4c(cc3-c3sc5sc(/C=C6\C(=O)c7ccccc7C6=C(C#N)C#N)cc5c32)C(c2ccc(CCCCCCCCCCCC)cc2)(c2ccc(CCCCCCCCCCCC)cc2)c2c-4sc3sc(/C=C4\C(=O)c5ccccc5C4=C(C#N)C#N)cc23)cc1. The molecule has 0 bridgehead atoms. The van der Waals surface area contributed by atoms with Crippen molar-refractivity contribution in [3.63, 3.8) is 0 Å². The van der Waals surface area contributed by atoms with Crippen LogP contribution in [0.15, 0.2) is 192 Å². The lowest BCUT2D eigenvalue weighted by molar-refractivity contribution is 0.103. The van der Waals surface area contributed by atoms with Crippen molar-refractivity contribution >= 4 is 99.0 Å². The topological polar surface area (TPSA) is 129 Å². The maximum absolute atomic E-state index is 14.9. The van der Waals surface area contributed by atoms with Crippen molar-refractivity contribution < 1.29 is 9.59 Å². The number of Topliss-reactive ketones (excluding diaryl/α,β-unsaturated/α-hetero) is 2. The monoisotopic (exact) mass is 1760 g/mol. The van der Waals surface area contributed by atoms with Crippen LogP contribution in [-0.2, 0) is 36.5 Å². The molecule has 128 heavy (non-hydrogen) atoms. The molecule has 4 aromatic heterocycles. The Balaban J connectivity index is 0.917. The molecule has 0 unspecified atom stereocenters. The second-order valence-corrected chi connectivity index (χ2v) is 41.8. The Morgan fingerprint density at radius 3 is 0.781 bits per heavy atom. The van der Waals surface area contributed by atoms with E-state index in [4.69, 9.17) is 0 Å². The lowest BCUT2D eigenvalue weighted by Gasteiger charge is -2.36. The Bertz CT molecular complexity index is 5460. The van der Waals surface area contributed by atoms with Crippen LogP contribution in [0.5, 0.6) is 0 Å². The highest BCUT2D eigenvalue weighted by Gasteiger charge is 2.55. The molecule has 10 heteroatoms. The molecule has 0 N–H and O–H groups in total. The minimum absolute atomic E-state index is 0.0715. The molecule has 0 saturated heterocycles. The van der Waals surface area contributed by atoms with Crippen LogP contribution in [-0.4, -0.2) is 11.6 Å². The summed E-state index contributed by atoms with van der Waals surface area (Å²) in [6, 6.07) is 72.7. The first-order valence-electron chi connectivity index (χ1n) is 49.6. The van der Waals surface area contributed by atoms with Gasteiger partial charge in [0.1, 0.15) is 35.4 Å². The number of rotatable bonds is 50. The minimum atomic E-state index is -0.859. The number of ketones is 2. The molecule has 0 saturated carbocycles. The first-order valence-corrected chi connectivity index (χ1v) is 52.8. The number of hydrogen-bond acceptors (Lipinski definition) is 10. The summed E-state index contributed by atoms with van der Waals surface area (Å²) in [5.74, 6) is -0.369. The van der Waals surface area contributed by atoms with E-state index >= 15 is 0 Å². The number of thiophene rings is 4. The van der Waals surface area contributed by atoms with Gasteiger partial charge < -0.3 is 0 Å². The summed E-state index contributed by atoms with van der Waals surface area (Å²) in [6.45, 7) is 9.18. The molecular formula is C118H130N4O2S4. The summed E-state index contributed by atoms with van der Waals surface area (Å²) in [4.78, 5) is 34.0. The van der Waals surface area contributed by atoms with Gasteiger partial charge in [0.15, 0.2) is 11.6 Å². The number of hydrogen-bond donors (Lipinski definition) is 0. The second-order valence-electron chi connectivity index (χ2n) is 37.1. The zero-order valence-corrected chi connectivity index (χ0v) is 79.9. The second kappa shape index (κ2) is 45.6. The molecule has 0 fully saturated rings. The van der Waals surface area contributed by atoms with E-state index in [1.165, 1.54) is 319 Å². The Morgan fingerprint density at radius 1 is 0.289 bits per heavy atom. The molecule has 6 nitrogen and oxygen atoms in total. The molecule has 658 valence electrons. The third kappa shape index (κ3) is 20.2. The molecule has 0 amide bonds. The van der Waals surface area contributed by atoms with Crippen LogP contribution in [0.4, 0.5) is 0 Å². The van der Waals surface area contributed by atoms with Crippen LogP contribution in [0, 0.1) is 45.3 Å². The Morgan fingerprint density at radius 2 is 0.531 bits per heavy atom. The van der Waals surface area contributed by atoms with Crippen LogP contribution >= 0.6 is 45.3 Å². The van der Waals surface area contributed by atoms with E-state index < -0.39 is 10.8 Å². The summed E-state index contributed by atoms with van der Waals surface area (Å²) in [5, 5.41) is 44.7. The Hall–Kier alpha value is -9.88. The molecule has 0 aliphatic heterocycles. The van der Waals surface area contributed by atoms with Crippen molar-refractivity contribution in [2.75, 3.05) is 0 Å². The third-order valence-corrected chi connectivity index (χ3v) is 33.1. The molecule has 15 rings (SSSR count). The van der Waals surface area contributed by atoms with E-state index in [9.17, 15) is 30.6 Å². The molecule has 0 atom stereocenters. The van der Waals surface area contributed by atoms with Gasteiger partial charge >= 0.3 is 0 Å². The predicted octanol–water partition coefficient (Wildman–Crippen LogP) is 35.0. The summed E-state index contributed by atoms with van der Waals surface area (Å²) >= 11 is 7.09. The molecule has 0 spiro atoms. The standard InChI is InChI=1S/C118H130N4O2S4/c1-5-9-13-17-21-25-29-33-37-41-49-83-57-65-89(66-58-83)117(90-67-59-84(60-68-90)50-42-38-34-30-26-22-18-14-10-6-2)105-77-100-106(78-99(105)113-109(117)103-75-93(125-115(103)127-113)73-101-107(87(79-119)80-120)95-53-45-47-55-97(95)111(101)123)118(91-69-61-85(62-70-91)51-43-39-35-31-27-23-19-15-11-7-3,92-71-63-86(64-72-92)52-44-40-36-32-28-24-20-16-12-8-4)110-104-76-94(126-116(104)128-114(100)110)74-102-108(88(81-121)82-122)96-54-46-48-56-98(96)112(102)124/h45-48,53-78H,5-44,49-52H2,1-4H3/b101-73-,102-74-. The summed E-state index contributed by atoms with van der Waals surface area (Å²) in [7, 11) is 0. The Kier molecular flexibility index (Phi) is 33.1. The van der Waals surface area contributed by atoms with E-state index in [-0.39, 0.29) is 22.7 Å². The number of nitriles is 4. The number of benzene rings is 7. The van der Waals surface area contributed by atoms with Crippen molar-refractivity contribution in [2.24, 2.45) is 0 Å². The summed E-state index contributed by atoms with van der Waals surface area (Å²) in [5.41, 5.74) is 19.5. The van der Waals surface area contributed by atoms with Crippen molar-refractivity contribution in [1.82, 2.24) is 0 Å². The fraction of sp³-hybridized carbons (Fsp3) is 0.424. The van der Waals surface area contributed by atoms with Crippen molar-refractivity contribution in [3.05, 3.63) is 291 Å². The van der Waals surface area contributed by atoms with Crippen LogP contribution in [0.1, 0.15) is 393 Å². The fourth-order valence-corrected chi connectivity index (χ4v) is 26.7. The van der Waals surface area contributed by atoms with Crippen LogP contribution < -0.4 is 0 Å². The maximum atomic E-state index is 14.9. The van der Waals surface area contributed by atoms with E-state index in [1.54, 1.807) is 22.7 Å². The highest BCUT2D eigenvalue weighted by molar-refractivity contribution is 7.41. The normalized spacial score (nSPS) is 14.3. The molecule has 4 aliphatic carbocycles. The van der Waals surface area contributed by atoms with Gasteiger partial charge in [0, 0.05) is 63.7 Å². The predicted molar refractivity (Wildman–Crippen MR) is 544 cm³/mol. The minimum Gasteiger partial charge on any atom is -0.289 e. The number of aryl methyl sites for hydroxylation is 4. The van der Waals surface area contributed by atoms with Crippen molar-refractivity contribution in [3.8, 4) is 45.2 Å². The summed E-state index contributed by atoms with van der Waals surface area (Å²) in [6.07, 6.45) is 59.5. The maximum Gasteiger partial charge on any atom is 0.194 e. The van der Waals surface area contributed by atoms with Gasteiger partial charge in [-0.3, -0.25) is 9.59 Å². The van der Waals surface area contributed by atoms with Gasteiger partial charge in [-0.05, 0) is 177 Å². The fourth-order valence-electron chi connectivity index (χ4n) is 21.4. The van der Waals surface area contributed by atoms with E-state index in [0.29, 0.717) is 44.5 Å². The van der Waals surface area contributed by atoms with Crippen molar-refractivity contribution in [2.45, 2.75) is 321 Å². The quantitative estimate of drug-likeness (QED) is 0.0212. The van der Waals surface area contributed by atoms with Crippen molar-refractivity contribution in [1.29, 1.82) is 21.0 Å². The van der Waals surface area contributed by atoms with E-state index in [0.717, 1.165) is 79.9 Å². The number of nitrogens with zero attached hydrogens (tertiary/aromatic N) is 4. The molecule has 4 aliphatic rings. The Labute approximate surface area is 780 Å². The largest absolute Gasteiger partial charge is 0.289 e. The summed E-state index contributed by atoms with van der Waals surface area (Å²) < 4.78 is 2.28. The zero-order chi connectivity index (χ0) is 88.6. The lowest BCUT2D eigenvalue weighted by atomic mass is 9.65. The molecular weight excluding hydrogens is 1630 g/mol. The molecule has 7 aromatic carbocycles. The van der Waals surface area contributed by atoms with Crippen LogP contribution in [0.2, 0.25) is 0 Å². The molecule has 0 radical (unpaired) electrons. The van der Waals surface area contributed by atoms with Gasteiger partial charge in [0.2, 0.25) is 0 Å². The molecule has 11 aromatic rings. The average molecular weight is 1760 g/mol. The van der Waals surface area contributed by atoms with E-state index in [2.05, 4.69) is 173 Å².